The van der Waals surface area contributed by atoms with Gasteiger partial charge in [0.05, 0.1) is 31.1 Å². The van der Waals surface area contributed by atoms with Crippen LogP contribution in [0.15, 0.2) is 29.2 Å². The molecule has 0 saturated carbocycles. The van der Waals surface area contributed by atoms with Crippen LogP contribution in [-0.2, 0) is 24.3 Å². The van der Waals surface area contributed by atoms with Crippen LogP contribution in [0.2, 0.25) is 0 Å². The first-order valence-electron chi connectivity index (χ1n) is 6.46. The van der Waals surface area contributed by atoms with Crippen molar-refractivity contribution in [1.82, 2.24) is 0 Å². The van der Waals surface area contributed by atoms with Crippen LogP contribution < -0.4 is 10.0 Å². The average molecular weight is 314 g/mol. The van der Waals surface area contributed by atoms with E-state index in [1.165, 1.54) is 19.2 Å². The van der Waals surface area contributed by atoms with E-state index in [9.17, 15) is 13.2 Å². The molecule has 1 aliphatic rings. The Labute approximate surface area is 123 Å². The molecule has 0 aromatic heterocycles. The van der Waals surface area contributed by atoms with E-state index in [-0.39, 0.29) is 23.4 Å². The number of carbonyl (C=O) groups is 1. The lowest BCUT2D eigenvalue weighted by Crippen LogP contribution is -2.43. The summed E-state index contributed by atoms with van der Waals surface area (Å²) in [6, 6.07) is 6.32. The Hall–Kier alpha value is -1.64. The predicted molar refractivity (Wildman–Crippen MR) is 76.4 cm³/mol. The summed E-state index contributed by atoms with van der Waals surface area (Å²) < 4.78 is 32.6. The Bertz CT molecular complexity index is 599. The summed E-state index contributed by atoms with van der Waals surface area (Å²) in [5.74, 6) is -0.313. The van der Waals surface area contributed by atoms with E-state index < -0.39 is 10.0 Å². The summed E-state index contributed by atoms with van der Waals surface area (Å²) in [4.78, 5) is 13.4. The lowest BCUT2D eigenvalue weighted by Gasteiger charge is -2.34. The van der Waals surface area contributed by atoms with Gasteiger partial charge in [0.25, 0.3) is 0 Å². The molecule has 1 aliphatic heterocycles. The van der Waals surface area contributed by atoms with Gasteiger partial charge >= 0.3 is 5.97 Å². The van der Waals surface area contributed by atoms with Crippen LogP contribution in [0.25, 0.3) is 0 Å². The highest BCUT2D eigenvalue weighted by atomic mass is 32.2. The van der Waals surface area contributed by atoms with E-state index in [0.717, 1.165) is 5.69 Å². The van der Waals surface area contributed by atoms with Crippen molar-refractivity contribution in [2.75, 3.05) is 31.7 Å². The number of primary sulfonamides is 1. The molecule has 1 fully saturated rings. The van der Waals surface area contributed by atoms with Gasteiger partial charge in [0.15, 0.2) is 0 Å². The fourth-order valence-corrected chi connectivity index (χ4v) is 2.71. The van der Waals surface area contributed by atoms with Gasteiger partial charge in [-0.3, -0.25) is 4.79 Å². The van der Waals surface area contributed by atoms with Crippen LogP contribution in [0, 0.1) is 0 Å². The van der Waals surface area contributed by atoms with Gasteiger partial charge in [-0.1, -0.05) is 0 Å². The van der Waals surface area contributed by atoms with Gasteiger partial charge in [-0.15, -0.1) is 0 Å². The normalized spacial score (nSPS) is 19.3. The van der Waals surface area contributed by atoms with Crippen molar-refractivity contribution >= 4 is 21.7 Å². The van der Waals surface area contributed by atoms with Crippen molar-refractivity contribution in [2.24, 2.45) is 5.14 Å². The van der Waals surface area contributed by atoms with E-state index in [2.05, 4.69) is 4.74 Å². The van der Waals surface area contributed by atoms with Crippen LogP contribution >= 0.6 is 0 Å². The standard InChI is InChI=1S/C13H18N2O5S/c1-19-13(16)8-11-9-15(6-7-20-11)10-2-4-12(5-3-10)21(14,17)18/h2-5,11H,6-9H2,1H3,(H2,14,17,18). The molecule has 0 bridgehead atoms. The molecule has 1 aromatic rings. The Morgan fingerprint density at radius 2 is 2.10 bits per heavy atom. The molecule has 2 rings (SSSR count). The second-order valence-electron chi connectivity index (χ2n) is 4.76. The molecule has 116 valence electrons. The first-order valence-corrected chi connectivity index (χ1v) is 8.01. The molecular weight excluding hydrogens is 296 g/mol. The number of methoxy groups -OCH3 is 1. The number of hydrogen-bond acceptors (Lipinski definition) is 6. The van der Waals surface area contributed by atoms with Crippen LogP contribution in [0.1, 0.15) is 6.42 Å². The Morgan fingerprint density at radius 3 is 2.67 bits per heavy atom. The minimum Gasteiger partial charge on any atom is -0.469 e. The SMILES string of the molecule is COC(=O)CC1CN(c2ccc(S(N)(=O)=O)cc2)CCO1. The lowest BCUT2D eigenvalue weighted by atomic mass is 10.2. The second kappa shape index (κ2) is 6.42. The number of rotatable bonds is 4. The quantitative estimate of drug-likeness (QED) is 0.792. The number of benzene rings is 1. The van der Waals surface area contributed by atoms with E-state index in [1.54, 1.807) is 12.1 Å². The van der Waals surface area contributed by atoms with Gasteiger partial charge < -0.3 is 14.4 Å². The largest absolute Gasteiger partial charge is 0.469 e. The van der Waals surface area contributed by atoms with E-state index in [1.807, 2.05) is 4.90 Å². The number of sulfonamides is 1. The number of nitrogens with two attached hydrogens (primary N) is 1. The van der Waals surface area contributed by atoms with Crippen molar-refractivity contribution in [3.63, 3.8) is 0 Å². The van der Waals surface area contributed by atoms with Crippen LogP contribution in [0.3, 0.4) is 0 Å². The van der Waals surface area contributed by atoms with Crippen molar-refractivity contribution < 1.29 is 22.7 Å². The molecule has 7 nitrogen and oxygen atoms in total. The average Bonchev–Trinajstić information content (AvgIpc) is 2.46. The molecule has 1 aromatic carbocycles. The van der Waals surface area contributed by atoms with Crippen LogP contribution in [0.4, 0.5) is 5.69 Å². The van der Waals surface area contributed by atoms with E-state index in [0.29, 0.717) is 19.7 Å². The maximum atomic E-state index is 11.3. The topological polar surface area (TPSA) is 98.9 Å². The highest BCUT2D eigenvalue weighted by molar-refractivity contribution is 7.89. The third-order valence-corrected chi connectivity index (χ3v) is 4.22. The number of ether oxygens (including phenoxy) is 2. The second-order valence-corrected chi connectivity index (χ2v) is 6.32. The fraction of sp³-hybridized carbons (Fsp3) is 0.462. The summed E-state index contributed by atoms with van der Waals surface area (Å²) >= 11 is 0. The van der Waals surface area contributed by atoms with Gasteiger partial charge in [-0.25, -0.2) is 13.6 Å². The lowest BCUT2D eigenvalue weighted by molar-refractivity contribution is -0.144. The Kier molecular flexibility index (Phi) is 4.81. The number of hydrogen-bond donors (Lipinski definition) is 1. The number of morpholine rings is 1. The van der Waals surface area contributed by atoms with E-state index >= 15 is 0 Å². The summed E-state index contributed by atoms with van der Waals surface area (Å²) in [6.45, 7) is 1.72. The minimum absolute atomic E-state index is 0.0746. The molecule has 1 saturated heterocycles. The van der Waals surface area contributed by atoms with Crippen molar-refractivity contribution in [2.45, 2.75) is 17.4 Å². The number of carbonyl (C=O) groups excluding carboxylic acids is 1. The van der Waals surface area contributed by atoms with Crippen molar-refractivity contribution in [3.8, 4) is 0 Å². The van der Waals surface area contributed by atoms with Crippen LogP contribution in [-0.4, -0.2) is 47.3 Å². The number of esters is 1. The molecule has 8 heteroatoms. The molecular formula is C13H18N2O5S. The highest BCUT2D eigenvalue weighted by Crippen LogP contribution is 2.21. The maximum absolute atomic E-state index is 11.3. The molecule has 1 heterocycles. The smallest absolute Gasteiger partial charge is 0.308 e. The molecule has 1 unspecified atom stereocenters. The molecule has 21 heavy (non-hydrogen) atoms. The number of nitrogens with zero attached hydrogens (tertiary/aromatic N) is 1. The highest BCUT2D eigenvalue weighted by Gasteiger charge is 2.23. The molecule has 0 spiro atoms. The molecule has 2 N–H and O–H groups in total. The van der Waals surface area contributed by atoms with Gasteiger partial charge in [-0.05, 0) is 24.3 Å². The zero-order valence-corrected chi connectivity index (χ0v) is 12.5. The van der Waals surface area contributed by atoms with Crippen LogP contribution in [0.5, 0.6) is 0 Å². The molecule has 0 amide bonds. The first kappa shape index (κ1) is 15.7. The van der Waals surface area contributed by atoms with Gasteiger partial charge in [-0.2, -0.15) is 0 Å². The zero-order chi connectivity index (χ0) is 15.5. The summed E-state index contributed by atoms with van der Waals surface area (Å²) in [6.07, 6.45) is -0.0356. The maximum Gasteiger partial charge on any atom is 0.308 e. The number of anilines is 1. The fourth-order valence-electron chi connectivity index (χ4n) is 2.19. The summed E-state index contributed by atoms with van der Waals surface area (Å²) in [5, 5.41) is 5.06. The van der Waals surface area contributed by atoms with Gasteiger partial charge in [0.2, 0.25) is 10.0 Å². The zero-order valence-electron chi connectivity index (χ0n) is 11.7. The Balaban J connectivity index is 2.06. The third kappa shape index (κ3) is 4.16. The van der Waals surface area contributed by atoms with Crippen molar-refractivity contribution in [1.29, 1.82) is 0 Å². The van der Waals surface area contributed by atoms with Gasteiger partial charge in [0.1, 0.15) is 0 Å². The third-order valence-electron chi connectivity index (χ3n) is 3.29. The summed E-state index contributed by atoms with van der Waals surface area (Å²) in [5.41, 5.74) is 0.862. The molecule has 1 atom stereocenters. The van der Waals surface area contributed by atoms with E-state index in [4.69, 9.17) is 9.88 Å². The minimum atomic E-state index is -3.68. The molecule has 0 aliphatic carbocycles. The Morgan fingerprint density at radius 1 is 1.43 bits per heavy atom. The molecule has 0 radical (unpaired) electrons. The summed E-state index contributed by atoms with van der Waals surface area (Å²) in [7, 11) is -2.34. The predicted octanol–water partition coefficient (Wildman–Crippen LogP) is 0.102. The first-order chi connectivity index (χ1) is 9.90. The van der Waals surface area contributed by atoms with Gasteiger partial charge in [0, 0.05) is 18.8 Å². The monoisotopic (exact) mass is 314 g/mol. The van der Waals surface area contributed by atoms with Crippen molar-refractivity contribution in [3.05, 3.63) is 24.3 Å².